The molecule has 0 aliphatic heterocycles. The second-order valence-corrected chi connectivity index (χ2v) is 6.60. The summed E-state index contributed by atoms with van der Waals surface area (Å²) in [7, 11) is 1.94. The van der Waals surface area contributed by atoms with Gasteiger partial charge in [-0.25, -0.2) is 0 Å². The van der Waals surface area contributed by atoms with Gasteiger partial charge in [-0.05, 0) is 31.6 Å². The summed E-state index contributed by atoms with van der Waals surface area (Å²) in [4.78, 5) is 0. The molecule has 1 rings (SSSR count). The van der Waals surface area contributed by atoms with E-state index < -0.39 is 0 Å². The van der Waals surface area contributed by atoms with E-state index in [2.05, 4.69) is 25.9 Å². The summed E-state index contributed by atoms with van der Waals surface area (Å²) in [5.74, 6) is 0. The van der Waals surface area contributed by atoms with Crippen molar-refractivity contribution in [2.45, 2.75) is 52.3 Å². The fourth-order valence-corrected chi connectivity index (χ4v) is 2.24. The van der Waals surface area contributed by atoms with Crippen LogP contribution in [0.4, 0.5) is 0 Å². The highest BCUT2D eigenvalue weighted by Gasteiger charge is 2.22. The Hall–Kier alpha value is -0.210. The van der Waals surface area contributed by atoms with Gasteiger partial charge in [0.2, 0.25) is 0 Å². The number of aryl methyl sites for hydroxylation is 2. The van der Waals surface area contributed by atoms with Gasteiger partial charge in [0.05, 0.1) is 16.4 Å². The first kappa shape index (κ1) is 14.8. The molecule has 0 fully saturated rings. The number of rotatable bonds is 4. The number of hydrogen-bond donors (Lipinski definition) is 0. The van der Waals surface area contributed by atoms with E-state index in [4.69, 9.17) is 23.2 Å². The normalized spacial score (nSPS) is 14.1. The average molecular weight is 277 g/mol. The lowest BCUT2D eigenvalue weighted by Gasteiger charge is -2.24. The van der Waals surface area contributed by atoms with E-state index in [1.54, 1.807) is 0 Å². The molecule has 0 aliphatic carbocycles. The minimum atomic E-state index is 0.160. The van der Waals surface area contributed by atoms with Gasteiger partial charge in [-0.2, -0.15) is 5.10 Å². The molecule has 2 nitrogen and oxygen atoms in total. The van der Waals surface area contributed by atoms with Crippen LogP contribution in [-0.4, -0.2) is 15.2 Å². The lowest BCUT2D eigenvalue weighted by atomic mass is 9.88. The van der Waals surface area contributed by atoms with Crippen molar-refractivity contribution in [3.8, 4) is 0 Å². The Morgan fingerprint density at radius 1 is 1.35 bits per heavy atom. The van der Waals surface area contributed by atoms with Crippen molar-refractivity contribution < 1.29 is 0 Å². The maximum atomic E-state index is 6.35. The van der Waals surface area contributed by atoms with Crippen molar-refractivity contribution in [2.24, 2.45) is 12.5 Å². The van der Waals surface area contributed by atoms with Crippen LogP contribution in [-0.2, 0) is 13.5 Å². The van der Waals surface area contributed by atoms with Crippen molar-refractivity contribution in [1.82, 2.24) is 9.78 Å². The van der Waals surface area contributed by atoms with Gasteiger partial charge in [-0.1, -0.05) is 32.4 Å². The van der Waals surface area contributed by atoms with Crippen LogP contribution in [0.1, 0.15) is 45.0 Å². The number of aromatic nitrogens is 2. The van der Waals surface area contributed by atoms with Crippen LogP contribution in [0.3, 0.4) is 0 Å². The second-order valence-electron chi connectivity index (χ2n) is 5.70. The molecule has 4 heteroatoms. The van der Waals surface area contributed by atoms with Gasteiger partial charge in [-0.3, -0.25) is 4.68 Å². The van der Waals surface area contributed by atoms with Gasteiger partial charge in [0.1, 0.15) is 0 Å². The summed E-state index contributed by atoms with van der Waals surface area (Å²) in [5, 5.41) is 5.31. The molecule has 0 aromatic carbocycles. The minimum absolute atomic E-state index is 0.160. The zero-order valence-corrected chi connectivity index (χ0v) is 12.9. The summed E-state index contributed by atoms with van der Waals surface area (Å²) in [6.45, 7) is 8.45. The molecule has 0 saturated heterocycles. The van der Waals surface area contributed by atoms with Crippen molar-refractivity contribution >= 4 is 23.2 Å². The van der Waals surface area contributed by atoms with Crippen molar-refractivity contribution in [3.63, 3.8) is 0 Å². The van der Waals surface area contributed by atoms with Crippen molar-refractivity contribution in [1.29, 1.82) is 0 Å². The number of hydrogen-bond acceptors (Lipinski definition) is 1. The van der Waals surface area contributed by atoms with Crippen LogP contribution in [0.15, 0.2) is 0 Å². The molecular formula is C13H22Cl2N2. The molecule has 0 aliphatic rings. The molecule has 0 amide bonds. The maximum absolute atomic E-state index is 6.35. The van der Waals surface area contributed by atoms with E-state index in [0.29, 0.717) is 0 Å². The summed E-state index contributed by atoms with van der Waals surface area (Å²) >= 11 is 12.6. The lowest BCUT2D eigenvalue weighted by molar-refractivity contribution is 0.368. The first-order valence-electron chi connectivity index (χ1n) is 6.05. The van der Waals surface area contributed by atoms with Gasteiger partial charge in [0.15, 0.2) is 0 Å². The first-order valence-corrected chi connectivity index (χ1v) is 6.87. The second kappa shape index (κ2) is 5.62. The van der Waals surface area contributed by atoms with Crippen LogP contribution in [0.5, 0.6) is 0 Å². The first-order chi connectivity index (χ1) is 7.73. The molecule has 1 atom stereocenters. The van der Waals surface area contributed by atoms with E-state index in [0.717, 1.165) is 35.7 Å². The fraction of sp³-hybridized carbons (Fsp3) is 0.769. The Bertz CT molecular complexity index is 378. The predicted octanol–water partition coefficient (Wildman–Crippen LogP) is 4.36. The Morgan fingerprint density at radius 2 is 1.94 bits per heavy atom. The molecule has 0 saturated carbocycles. The van der Waals surface area contributed by atoms with Crippen LogP contribution >= 0.6 is 23.2 Å². The molecule has 17 heavy (non-hydrogen) atoms. The third-order valence-electron chi connectivity index (χ3n) is 3.07. The zero-order valence-electron chi connectivity index (χ0n) is 11.3. The molecule has 1 heterocycles. The van der Waals surface area contributed by atoms with Crippen molar-refractivity contribution in [3.05, 3.63) is 16.4 Å². The van der Waals surface area contributed by atoms with Gasteiger partial charge in [-0.15, -0.1) is 11.6 Å². The molecule has 1 aromatic heterocycles. The minimum Gasteiger partial charge on any atom is -0.271 e. The average Bonchev–Trinajstić information content (AvgIpc) is 2.42. The molecule has 1 aromatic rings. The summed E-state index contributed by atoms with van der Waals surface area (Å²) in [5.41, 5.74) is 2.18. The van der Waals surface area contributed by atoms with Gasteiger partial charge < -0.3 is 0 Å². The largest absolute Gasteiger partial charge is 0.271 e. The van der Waals surface area contributed by atoms with E-state index in [-0.39, 0.29) is 10.8 Å². The van der Waals surface area contributed by atoms with Gasteiger partial charge >= 0.3 is 0 Å². The Labute approximate surface area is 114 Å². The van der Waals surface area contributed by atoms with Gasteiger partial charge in [0.25, 0.3) is 0 Å². The number of alkyl halides is 1. The van der Waals surface area contributed by atoms with Crippen LogP contribution < -0.4 is 0 Å². The van der Waals surface area contributed by atoms with Crippen molar-refractivity contribution in [2.75, 3.05) is 0 Å². The molecule has 0 bridgehead atoms. The summed E-state index contributed by atoms with van der Waals surface area (Å²) < 4.78 is 1.87. The molecule has 0 radical (unpaired) electrons. The maximum Gasteiger partial charge on any atom is 0.0846 e. The zero-order chi connectivity index (χ0) is 13.2. The molecule has 0 spiro atoms. The van der Waals surface area contributed by atoms with E-state index in [1.165, 1.54) is 0 Å². The molecular weight excluding hydrogens is 255 g/mol. The quantitative estimate of drug-likeness (QED) is 0.748. The van der Waals surface area contributed by atoms with Crippen LogP contribution in [0.25, 0.3) is 0 Å². The highest BCUT2D eigenvalue weighted by molar-refractivity contribution is 6.31. The van der Waals surface area contributed by atoms with Crippen LogP contribution in [0.2, 0.25) is 5.02 Å². The number of halogens is 2. The topological polar surface area (TPSA) is 17.8 Å². The highest BCUT2D eigenvalue weighted by atomic mass is 35.5. The number of nitrogens with zero attached hydrogens (tertiary/aromatic N) is 2. The van der Waals surface area contributed by atoms with E-state index in [1.807, 2.05) is 18.7 Å². The third kappa shape index (κ3) is 3.89. The monoisotopic (exact) mass is 276 g/mol. The summed E-state index contributed by atoms with van der Waals surface area (Å²) in [6, 6.07) is 0. The fourth-order valence-electron chi connectivity index (χ4n) is 1.83. The Kier molecular flexibility index (Phi) is 4.91. The van der Waals surface area contributed by atoms with E-state index in [9.17, 15) is 0 Å². The van der Waals surface area contributed by atoms with E-state index >= 15 is 0 Å². The molecule has 1 unspecified atom stereocenters. The Balaban J connectivity index is 2.52. The summed E-state index contributed by atoms with van der Waals surface area (Å²) in [6.07, 6.45) is 2.99. The predicted molar refractivity (Wildman–Crippen MR) is 75.0 cm³/mol. The third-order valence-corrected chi connectivity index (χ3v) is 4.44. The molecule has 0 N–H and O–H groups in total. The van der Waals surface area contributed by atoms with Gasteiger partial charge in [0, 0.05) is 12.4 Å². The lowest BCUT2D eigenvalue weighted by Crippen LogP contribution is -2.20. The standard InChI is InChI=1S/C13H22Cl2N2/c1-9-12(15)10(17(5)16-9)7-6-8-11(14)13(2,3)4/h11H,6-8H2,1-5H3. The van der Waals surface area contributed by atoms with Crippen LogP contribution in [0, 0.1) is 12.3 Å². The Morgan fingerprint density at radius 3 is 2.35 bits per heavy atom. The SMILES string of the molecule is Cc1nn(C)c(CCCC(Cl)C(C)(C)C)c1Cl. The highest BCUT2D eigenvalue weighted by Crippen LogP contribution is 2.29. The molecule has 98 valence electrons. The smallest absolute Gasteiger partial charge is 0.0846 e.